The summed E-state index contributed by atoms with van der Waals surface area (Å²) in [6, 6.07) is 12.7. The van der Waals surface area contributed by atoms with Gasteiger partial charge in [-0.1, -0.05) is 35.9 Å². The maximum Gasteiger partial charge on any atom is 0.167 e. The van der Waals surface area contributed by atoms with E-state index in [1.807, 2.05) is 31.2 Å². The van der Waals surface area contributed by atoms with Gasteiger partial charge in [0.15, 0.2) is 17.3 Å². The number of ketones is 1. The number of hydrogen-bond donors (Lipinski definition) is 1. The molecule has 0 radical (unpaired) electrons. The second kappa shape index (κ2) is 8.56. The van der Waals surface area contributed by atoms with Crippen molar-refractivity contribution in [1.82, 2.24) is 4.90 Å². The lowest BCUT2D eigenvalue weighted by Crippen LogP contribution is -2.38. The van der Waals surface area contributed by atoms with Gasteiger partial charge in [-0.15, -0.1) is 0 Å². The highest BCUT2D eigenvalue weighted by atomic mass is 35.5. The van der Waals surface area contributed by atoms with Crippen molar-refractivity contribution >= 4 is 17.4 Å². The van der Waals surface area contributed by atoms with Crippen molar-refractivity contribution in [3.63, 3.8) is 0 Å². The number of likely N-dealkylation sites (tertiary alicyclic amines) is 1. The number of carbonyl (C=O) groups excluding carboxylic acids is 1. The number of phenolic OH excluding ortho intramolecular Hbond substituents is 1. The predicted octanol–water partition coefficient (Wildman–Crippen LogP) is 4.54. The normalized spacial score (nSPS) is 17.8. The number of aromatic hydroxyl groups is 1. The number of Topliss-reactive ketones (excluding diaryl/α,β-unsaturated/α-hetero) is 1. The number of nitrogens with zero attached hydrogens (tertiary/aromatic N) is 1. The lowest BCUT2D eigenvalue weighted by atomic mass is 9.90. The molecule has 1 aliphatic rings. The Bertz CT molecular complexity index is 778. The van der Waals surface area contributed by atoms with E-state index < -0.39 is 0 Å². The third-order valence-corrected chi connectivity index (χ3v) is 5.00. The van der Waals surface area contributed by atoms with Gasteiger partial charge in [0, 0.05) is 35.2 Å². The molecule has 26 heavy (non-hydrogen) atoms. The Morgan fingerprint density at radius 3 is 2.88 bits per heavy atom. The zero-order chi connectivity index (χ0) is 18.5. The number of benzene rings is 2. The van der Waals surface area contributed by atoms with Crippen LogP contribution in [0.4, 0.5) is 0 Å². The molecule has 5 heteroatoms. The summed E-state index contributed by atoms with van der Waals surface area (Å²) in [5.41, 5.74) is 1.50. The highest BCUT2D eigenvalue weighted by Crippen LogP contribution is 2.32. The van der Waals surface area contributed by atoms with Crippen molar-refractivity contribution in [3.8, 4) is 11.5 Å². The Hall–Kier alpha value is -2.04. The van der Waals surface area contributed by atoms with E-state index in [1.165, 1.54) is 0 Å². The van der Waals surface area contributed by atoms with E-state index in [4.69, 9.17) is 16.3 Å². The van der Waals surface area contributed by atoms with Crippen LogP contribution in [0.3, 0.4) is 0 Å². The molecule has 1 atom stereocenters. The molecule has 2 aromatic carbocycles. The third-order valence-electron chi connectivity index (χ3n) is 4.76. The topological polar surface area (TPSA) is 49.8 Å². The molecule has 2 aromatic rings. The van der Waals surface area contributed by atoms with Crippen molar-refractivity contribution in [2.45, 2.75) is 26.3 Å². The number of para-hydroxylation sites is 1. The summed E-state index contributed by atoms with van der Waals surface area (Å²) >= 11 is 6.02. The molecule has 1 unspecified atom stereocenters. The molecule has 1 aliphatic heterocycles. The number of piperidine rings is 1. The lowest BCUT2D eigenvalue weighted by Gasteiger charge is -2.32. The highest BCUT2D eigenvalue weighted by molar-refractivity contribution is 6.31. The summed E-state index contributed by atoms with van der Waals surface area (Å²) in [7, 11) is 0. The second-order valence-electron chi connectivity index (χ2n) is 6.65. The number of ether oxygens (including phenoxy) is 1. The summed E-state index contributed by atoms with van der Waals surface area (Å²) in [6.45, 7) is 4.60. The molecular formula is C21H24ClNO3. The molecule has 138 valence electrons. The van der Waals surface area contributed by atoms with Gasteiger partial charge in [0.05, 0.1) is 6.61 Å². The van der Waals surface area contributed by atoms with E-state index in [1.54, 1.807) is 18.2 Å². The minimum atomic E-state index is -0.0422. The molecular weight excluding hydrogens is 350 g/mol. The Balaban J connectivity index is 1.69. The van der Waals surface area contributed by atoms with Crippen molar-refractivity contribution < 1.29 is 14.6 Å². The smallest absolute Gasteiger partial charge is 0.167 e. The number of phenols is 1. The molecule has 1 fully saturated rings. The van der Waals surface area contributed by atoms with Crippen LogP contribution in [-0.4, -0.2) is 35.5 Å². The number of carbonyl (C=O) groups is 1. The molecule has 0 spiro atoms. The maximum atomic E-state index is 12.8. The first-order chi connectivity index (χ1) is 12.6. The van der Waals surface area contributed by atoms with Gasteiger partial charge in [-0.05, 0) is 44.5 Å². The Kier molecular flexibility index (Phi) is 6.17. The van der Waals surface area contributed by atoms with Crippen molar-refractivity contribution in [2.24, 2.45) is 5.92 Å². The van der Waals surface area contributed by atoms with Gasteiger partial charge in [0.25, 0.3) is 0 Å². The number of rotatable bonds is 6. The van der Waals surface area contributed by atoms with E-state index in [2.05, 4.69) is 4.90 Å². The SMILES string of the molecule is CCOc1cccc(CN2CCCC(C(=O)c3cccc(Cl)c3)C2)c1O. The Morgan fingerprint density at radius 1 is 1.31 bits per heavy atom. The first kappa shape index (κ1) is 18.7. The zero-order valence-corrected chi connectivity index (χ0v) is 15.7. The molecule has 1 heterocycles. The van der Waals surface area contributed by atoms with Crippen molar-refractivity contribution in [3.05, 3.63) is 58.6 Å². The summed E-state index contributed by atoms with van der Waals surface area (Å²) < 4.78 is 5.46. The summed E-state index contributed by atoms with van der Waals surface area (Å²) in [4.78, 5) is 15.0. The number of hydrogen-bond acceptors (Lipinski definition) is 4. The van der Waals surface area contributed by atoms with Gasteiger partial charge < -0.3 is 9.84 Å². The molecule has 0 aliphatic carbocycles. The zero-order valence-electron chi connectivity index (χ0n) is 15.0. The maximum absolute atomic E-state index is 12.8. The van der Waals surface area contributed by atoms with Crippen molar-refractivity contribution in [2.75, 3.05) is 19.7 Å². The van der Waals surface area contributed by atoms with Crippen LogP contribution in [0.5, 0.6) is 11.5 Å². The molecule has 1 saturated heterocycles. The monoisotopic (exact) mass is 373 g/mol. The van der Waals surface area contributed by atoms with E-state index in [-0.39, 0.29) is 17.5 Å². The molecule has 0 amide bonds. The Labute approximate surface area is 159 Å². The standard InChI is InChI=1S/C21H24ClNO3/c1-2-26-19-10-4-7-17(21(19)25)14-23-11-5-8-16(13-23)20(24)15-6-3-9-18(22)12-15/h3-4,6-7,9-10,12,16,25H,2,5,8,11,13-14H2,1H3. The van der Waals surface area contributed by atoms with E-state index >= 15 is 0 Å². The quantitative estimate of drug-likeness (QED) is 0.755. The van der Waals surface area contributed by atoms with Crippen LogP contribution in [0.25, 0.3) is 0 Å². The van der Waals surface area contributed by atoms with Crippen LogP contribution < -0.4 is 4.74 Å². The molecule has 0 aromatic heterocycles. The largest absolute Gasteiger partial charge is 0.504 e. The van der Waals surface area contributed by atoms with Gasteiger partial charge in [-0.3, -0.25) is 9.69 Å². The van der Waals surface area contributed by atoms with Gasteiger partial charge in [0.1, 0.15) is 0 Å². The van der Waals surface area contributed by atoms with Gasteiger partial charge in [-0.25, -0.2) is 0 Å². The van der Waals surface area contributed by atoms with Crippen LogP contribution in [0.1, 0.15) is 35.7 Å². The van der Waals surface area contributed by atoms with Crippen LogP contribution in [0, 0.1) is 5.92 Å². The molecule has 1 N–H and O–H groups in total. The first-order valence-electron chi connectivity index (χ1n) is 9.04. The summed E-state index contributed by atoms with van der Waals surface area (Å²) in [5, 5.41) is 11.0. The highest BCUT2D eigenvalue weighted by Gasteiger charge is 2.27. The fourth-order valence-corrected chi connectivity index (χ4v) is 3.69. The van der Waals surface area contributed by atoms with Gasteiger partial charge in [0.2, 0.25) is 0 Å². The van der Waals surface area contributed by atoms with Gasteiger partial charge in [-0.2, -0.15) is 0 Å². The minimum absolute atomic E-state index is 0.0422. The average molecular weight is 374 g/mol. The number of halogens is 1. The van der Waals surface area contributed by atoms with Crippen LogP contribution in [0.15, 0.2) is 42.5 Å². The molecule has 3 rings (SSSR count). The minimum Gasteiger partial charge on any atom is -0.504 e. The van der Waals surface area contributed by atoms with Crippen LogP contribution in [0.2, 0.25) is 5.02 Å². The average Bonchev–Trinajstić information content (AvgIpc) is 2.65. The molecule has 0 bridgehead atoms. The van der Waals surface area contributed by atoms with E-state index in [9.17, 15) is 9.90 Å². The second-order valence-corrected chi connectivity index (χ2v) is 7.08. The Morgan fingerprint density at radius 2 is 2.12 bits per heavy atom. The predicted molar refractivity (Wildman–Crippen MR) is 103 cm³/mol. The fraction of sp³-hybridized carbons (Fsp3) is 0.381. The van der Waals surface area contributed by atoms with Crippen molar-refractivity contribution in [1.29, 1.82) is 0 Å². The first-order valence-corrected chi connectivity index (χ1v) is 9.42. The molecule has 0 saturated carbocycles. The fourth-order valence-electron chi connectivity index (χ4n) is 3.50. The lowest BCUT2D eigenvalue weighted by molar-refractivity contribution is 0.0810. The van der Waals surface area contributed by atoms with Crippen LogP contribution in [-0.2, 0) is 6.54 Å². The summed E-state index contributed by atoms with van der Waals surface area (Å²) in [6.07, 6.45) is 1.84. The van der Waals surface area contributed by atoms with E-state index in [0.717, 1.165) is 24.9 Å². The molecule has 4 nitrogen and oxygen atoms in total. The third kappa shape index (κ3) is 4.37. The van der Waals surface area contributed by atoms with E-state index in [0.29, 0.717) is 36.0 Å². The van der Waals surface area contributed by atoms with Gasteiger partial charge >= 0.3 is 0 Å². The summed E-state index contributed by atoms with van der Waals surface area (Å²) in [5.74, 6) is 0.801. The van der Waals surface area contributed by atoms with Crippen LogP contribution >= 0.6 is 11.6 Å².